The van der Waals surface area contributed by atoms with E-state index < -0.39 is 3.79 Å². The van der Waals surface area contributed by atoms with Crippen molar-refractivity contribution in [2.24, 2.45) is 0 Å². The molecule has 17 heavy (non-hydrogen) atoms. The molecule has 0 aromatic carbocycles. The standard InChI is InChI=1S/C9H10Cl3N5/c1-6-14-7(9(10,11)12)16-8(15-6)17(2)5-3-4-13/h3,5H2,1-2H3. The lowest BCUT2D eigenvalue weighted by Gasteiger charge is -2.17. The van der Waals surface area contributed by atoms with Crippen LogP contribution in [0.4, 0.5) is 5.95 Å². The van der Waals surface area contributed by atoms with Crippen LogP contribution in [0.15, 0.2) is 0 Å². The minimum absolute atomic E-state index is 0.0776. The fourth-order valence-corrected chi connectivity index (χ4v) is 1.34. The Kier molecular flexibility index (Phi) is 4.75. The van der Waals surface area contributed by atoms with Crippen molar-refractivity contribution in [3.05, 3.63) is 11.6 Å². The summed E-state index contributed by atoms with van der Waals surface area (Å²) in [6, 6.07) is 2.04. The lowest BCUT2D eigenvalue weighted by atomic mass is 10.4. The number of alkyl halides is 3. The quantitative estimate of drug-likeness (QED) is 0.801. The fourth-order valence-electron chi connectivity index (χ4n) is 1.08. The number of rotatable bonds is 3. The first kappa shape index (κ1) is 14.2. The van der Waals surface area contributed by atoms with Crippen LogP contribution in [0.2, 0.25) is 0 Å². The van der Waals surface area contributed by atoms with E-state index in [2.05, 4.69) is 15.0 Å². The molecule has 1 aromatic rings. The van der Waals surface area contributed by atoms with Gasteiger partial charge in [-0.25, -0.2) is 4.98 Å². The summed E-state index contributed by atoms with van der Waals surface area (Å²) in [4.78, 5) is 13.8. The van der Waals surface area contributed by atoms with E-state index in [1.54, 1.807) is 18.9 Å². The Morgan fingerprint density at radius 2 is 1.94 bits per heavy atom. The van der Waals surface area contributed by atoms with E-state index in [4.69, 9.17) is 40.1 Å². The predicted molar refractivity (Wildman–Crippen MR) is 67.3 cm³/mol. The van der Waals surface area contributed by atoms with Gasteiger partial charge in [-0.3, -0.25) is 0 Å². The molecule has 1 aromatic heterocycles. The van der Waals surface area contributed by atoms with Crippen LogP contribution in [0.3, 0.4) is 0 Å². The summed E-state index contributed by atoms with van der Waals surface area (Å²) in [7, 11) is 1.76. The fraction of sp³-hybridized carbons (Fsp3) is 0.556. The number of nitrogens with zero attached hydrogens (tertiary/aromatic N) is 5. The highest BCUT2D eigenvalue weighted by molar-refractivity contribution is 6.66. The number of hydrogen-bond donors (Lipinski definition) is 0. The van der Waals surface area contributed by atoms with Gasteiger partial charge in [0.25, 0.3) is 0 Å². The second kappa shape index (κ2) is 5.67. The Morgan fingerprint density at radius 1 is 1.29 bits per heavy atom. The van der Waals surface area contributed by atoms with Gasteiger partial charge >= 0.3 is 0 Å². The molecule has 0 saturated carbocycles. The summed E-state index contributed by atoms with van der Waals surface area (Å²) in [5.74, 6) is 0.919. The van der Waals surface area contributed by atoms with Crippen LogP contribution in [0, 0.1) is 18.3 Å². The van der Waals surface area contributed by atoms with Crippen LogP contribution in [0.25, 0.3) is 0 Å². The highest BCUT2D eigenvalue weighted by atomic mass is 35.6. The van der Waals surface area contributed by atoms with E-state index in [0.717, 1.165) is 0 Å². The number of aryl methyl sites for hydroxylation is 1. The molecule has 0 N–H and O–H groups in total. The molecule has 0 aliphatic rings. The Labute approximate surface area is 114 Å². The minimum atomic E-state index is -1.68. The SMILES string of the molecule is Cc1nc(N(C)CCC#N)nc(C(Cl)(Cl)Cl)n1. The van der Waals surface area contributed by atoms with Crippen LogP contribution >= 0.6 is 34.8 Å². The number of aromatic nitrogens is 3. The lowest BCUT2D eigenvalue weighted by molar-refractivity contribution is 0.803. The largest absolute Gasteiger partial charge is 0.343 e. The molecule has 0 fully saturated rings. The third-order valence-electron chi connectivity index (χ3n) is 1.89. The van der Waals surface area contributed by atoms with Gasteiger partial charge < -0.3 is 4.90 Å². The van der Waals surface area contributed by atoms with Crippen molar-refractivity contribution in [2.75, 3.05) is 18.5 Å². The van der Waals surface area contributed by atoms with Crippen molar-refractivity contribution in [1.82, 2.24) is 15.0 Å². The monoisotopic (exact) mass is 293 g/mol. The van der Waals surface area contributed by atoms with Crippen molar-refractivity contribution < 1.29 is 0 Å². The molecule has 1 heterocycles. The first-order valence-electron chi connectivity index (χ1n) is 4.72. The Balaban J connectivity index is 3.02. The molecule has 0 amide bonds. The summed E-state index contributed by atoms with van der Waals surface area (Å²) >= 11 is 17.2. The van der Waals surface area contributed by atoms with Crippen LogP contribution in [-0.2, 0) is 3.79 Å². The third-order valence-corrected chi connectivity index (χ3v) is 2.40. The summed E-state index contributed by atoms with van der Waals surface area (Å²) < 4.78 is -1.68. The molecule has 0 atom stereocenters. The van der Waals surface area contributed by atoms with E-state index in [0.29, 0.717) is 24.7 Å². The smallest absolute Gasteiger partial charge is 0.250 e. The van der Waals surface area contributed by atoms with Crippen molar-refractivity contribution in [1.29, 1.82) is 5.26 Å². The van der Waals surface area contributed by atoms with Gasteiger partial charge in [0.05, 0.1) is 12.5 Å². The highest BCUT2D eigenvalue weighted by Gasteiger charge is 2.28. The Morgan fingerprint density at radius 3 is 2.47 bits per heavy atom. The Bertz CT molecular complexity index is 437. The molecule has 5 nitrogen and oxygen atoms in total. The maximum Gasteiger partial charge on any atom is 0.250 e. The average Bonchev–Trinajstić information content (AvgIpc) is 2.23. The van der Waals surface area contributed by atoms with E-state index in [1.807, 2.05) is 6.07 Å². The first-order chi connectivity index (χ1) is 7.84. The van der Waals surface area contributed by atoms with Gasteiger partial charge in [-0.2, -0.15) is 15.2 Å². The van der Waals surface area contributed by atoms with Gasteiger partial charge in [0.15, 0.2) is 5.82 Å². The molecular weight excluding hydrogens is 284 g/mol. The number of anilines is 1. The number of halogens is 3. The first-order valence-corrected chi connectivity index (χ1v) is 5.86. The van der Waals surface area contributed by atoms with Gasteiger partial charge in [-0.05, 0) is 6.92 Å². The van der Waals surface area contributed by atoms with Crippen molar-refractivity contribution in [3.8, 4) is 6.07 Å². The zero-order valence-corrected chi connectivity index (χ0v) is 11.6. The number of hydrogen-bond acceptors (Lipinski definition) is 5. The molecule has 0 spiro atoms. The van der Waals surface area contributed by atoms with Crippen molar-refractivity contribution >= 4 is 40.8 Å². The van der Waals surface area contributed by atoms with Gasteiger partial charge in [-0.1, -0.05) is 34.8 Å². The molecule has 0 bridgehead atoms. The average molecular weight is 295 g/mol. The van der Waals surface area contributed by atoms with Crippen molar-refractivity contribution in [2.45, 2.75) is 17.1 Å². The molecule has 0 aliphatic carbocycles. The van der Waals surface area contributed by atoms with Crippen LogP contribution in [0.1, 0.15) is 18.1 Å². The second-order valence-corrected chi connectivity index (χ2v) is 5.61. The van der Waals surface area contributed by atoms with Gasteiger partial charge in [0, 0.05) is 13.6 Å². The van der Waals surface area contributed by atoms with Crippen LogP contribution in [-0.4, -0.2) is 28.5 Å². The third kappa shape index (κ3) is 4.15. The molecule has 92 valence electrons. The van der Waals surface area contributed by atoms with E-state index in [1.165, 1.54) is 0 Å². The summed E-state index contributed by atoms with van der Waals surface area (Å²) in [5.41, 5.74) is 0. The molecule has 1 rings (SSSR count). The number of nitriles is 1. The molecule has 0 unspecified atom stereocenters. The maximum atomic E-state index is 8.51. The van der Waals surface area contributed by atoms with Crippen LogP contribution < -0.4 is 4.90 Å². The highest BCUT2D eigenvalue weighted by Crippen LogP contribution is 2.36. The van der Waals surface area contributed by atoms with E-state index in [9.17, 15) is 0 Å². The molecule has 8 heteroatoms. The topological polar surface area (TPSA) is 65.7 Å². The van der Waals surface area contributed by atoms with Gasteiger partial charge in [0.1, 0.15) is 5.82 Å². The maximum absolute atomic E-state index is 8.51. The van der Waals surface area contributed by atoms with Gasteiger partial charge in [0.2, 0.25) is 9.74 Å². The summed E-state index contributed by atoms with van der Waals surface area (Å²) in [6.45, 7) is 2.18. The zero-order chi connectivity index (χ0) is 13.1. The zero-order valence-electron chi connectivity index (χ0n) is 9.28. The second-order valence-electron chi connectivity index (χ2n) is 3.33. The molecule has 0 radical (unpaired) electrons. The predicted octanol–water partition coefficient (Wildman–Crippen LogP) is 2.36. The van der Waals surface area contributed by atoms with E-state index >= 15 is 0 Å². The summed E-state index contributed by atoms with van der Waals surface area (Å²) in [5, 5.41) is 8.51. The molecular formula is C9H10Cl3N5. The van der Waals surface area contributed by atoms with Crippen molar-refractivity contribution in [3.63, 3.8) is 0 Å². The molecule has 0 saturated heterocycles. The van der Waals surface area contributed by atoms with Crippen LogP contribution in [0.5, 0.6) is 0 Å². The lowest BCUT2D eigenvalue weighted by Crippen LogP contribution is -2.23. The minimum Gasteiger partial charge on any atom is -0.343 e. The summed E-state index contributed by atoms with van der Waals surface area (Å²) in [6.07, 6.45) is 0.365. The normalized spacial score (nSPS) is 11.1. The molecule has 0 aliphatic heterocycles. The van der Waals surface area contributed by atoms with E-state index in [-0.39, 0.29) is 5.82 Å². The Hall–Kier alpha value is -0.830. The van der Waals surface area contributed by atoms with Gasteiger partial charge in [-0.15, -0.1) is 0 Å².